The SMILES string of the molecule is Cc1ccc2c(c1)c(=O)c1c(C)c3c(c(C)c12)c(=O)c1cc(-c2sc(-c4sc(C)c(C)c4C)c(C)c2C)ccc13. The molecule has 0 saturated carbocycles. The second-order valence-electron chi connectivity index (χ2n) is 11.5. The first-order chi connectivity index (χ1) is 19.0. The minimum Gasteiger partial charge on any atom is -0.289 e. The van der Waals surface area contributed by atoms with Gasteiger partial charge in [-0.15, -0.1) is 22.7 Å². The van der Waals surface area contributed by atoms with Gasteiger partial charge in [0.25, 0.3) is 0 Å². The van der Waals surface area contributed by atoms with Gasteiger partial charge in [0.05, 0.1) is 0 Å². The van der Waals surface area contributed by atoms with E-state index in [-0.39, 0.29) is 10.9 Å². The summed E-state index contributed by atoms with van der Waals surface area (Å²) in [5, 5.41) is 6.76. The third-order valence-corrected chi connectivity index (χ3v) is 12.2. The summed E-state index contributed by atoms with van der Waals surface area (Å²) in [4.78, 5) is 33.0. The normalized spacial score (nSPS) is 12.2. The Morgan fingerprint density at radius 3 is 1.52 bits per heavy atom. The summed E-state index contributed by atoms with van der Waals surface area (Å²) in [6.07, 6.45) is 0. The minimum atomic E-state index is 0.0646. The summed E-state index contributed by atoms with van der Waals surface area (Å²) in [6.45, 7) is 17.1. The maximum atomic E-state index is 14.1. The molecule has 2 aromatic heterocycles. The van der Waals surface area contributed by atoms with Crippen molar-refractivity contribution in [2.75, 3.05) is 0 Å². The number of hydrogen-bond acceptors (Lipinski definition) is 4. The Kier molecular flexibility index (Phi) is 5.36. The molecule has 40 heavy (non-hydrogen) atoms. The van der Waals surface area contributed by atoms with Gasteiger partial charge in [0.1, 0.15) is 0 Å². The predicted octanol–water partition coefficient (Wildman–Crippen LogP) is 9.82. The van der Waals surface area contributed by atoms with Crippen molar-refractivity contribution in [3.8, 4) is 20.2 Å². The fourth-order valence-corrected chi connectivity index (χ4v) is 9.43. The van der Waals surface area contributed by atoms with E-state index in [4.69, 9.17) is 0 Å². The molecule has 0 aliphatic carbocycles. The second-order valence-corrected chi connectivity index (χ2v) is 13.7. The van der Waals surface area contributed by atoms with Crippen molar-refractivity contribution in [1.82, 2.24) is 0 Å². The van der Waals surface area contributed by atoms with Crippen LogP contribution in [-0.4, -0.2) is 0 Å². The number of aryl methyl sites for hydroxylation is 4. The number of thiophene rings is 2. The molecule has 0 saturated heterocycles. The number of rotatable bonds is 2. The standard InChI is InChI=1S/C36H30O2S2/c1-15-9-11-24-26(13-15)32(37)30-21(7)29-25-12-10-23(14-27(25)33(38)31(29)20(6)28(24)30)34-18(4)19(5)36(40-34)35-17(3)16(2)22(8)39-35/h9-14H,1-8H3. The van der Waals surface area contributed by atoms with Crippen LogP contribution in [0.4, 0.5) is 0 Å². The van der Waals surface area contributed by atoms with Gasteiger partial charge in [-0.3, -0.25) is 9.59 Å². The maximum Gasteiger partial charge on any atom is 0.194 e. The van der Waals surface area contributed by atoms with Gasteiger partial charge in [0.2, 0.25) is 0 Å². The highest BCUT2D eigenvalue weighted by Crippen LogP contribution is 2.47. The summed E-state index contributed by atoms with van der Waals surface area (Å²) < 4.78 is 0. The van der Waals surface area contributed by atoms with Gasteiger partial charge in [-0.1, -0.05) is 29.8 Å². The van der Waals surface area contributed by atoms with E-state index in [0.717, 1.165) is 65.3 Å². The molecule has 2 heterocycles. The number of hydrogen-bond donors (Lipinski definition) is 0. The average molecular weight is 559 g/mol. The second kappa shape index (κ2) is 8.45. The van der Waals surface area contributed by atoms with Crippen LogP contribution in [0.2, 0.25) is 0 Å². The minimum absolute atomic E-state index is 0.0646. The van der Waals surface area contributed by atoms with Gasteiger partial charge in [-0.25, -0.2) is 0 Å². The molecule has 0 bridgehead atoms. The summed E-state index contributed by atoms with van der Waals surface area (Å²) in [5.41, 5.74) is 9.45. The summed E-state index contributed by atoms with van der Waals surface area (Å²) in [5.74, 6) is 0. The molecule has 7 aromatic rings. The van der Waals surface area contributed by atoms with E-state index in [9.17, 15) is 9.59 Å². The van der Waals surface area contributed by atoms with Crippen LogP contribution in [-0.2, 0) is 0 Å². The number of benzene rings is 3. The molecule has 0 fully saturated rings. The molecule has 0 N–H and O–H groups in total. The van der Waals surface area contributed by atoms with E-state index < -0.39 is 0 Å². The quantitative estimate of drug-likeness (QED) is 0.212. The molecule has 0 amide bonds. The Bertz CT molecular complexity index is 2330. The third-order valence-electron chi connectivity index (χ3n) is 9.28. The first kappa shape index (κ1) is 25.4. The molecule has 2 nitrogen and oxygen atoms in total. The highest BCUT2D eigenvalue weighted by Gasteiger charge is 2.24. The Hall–Kier alpha value is -3.60. The summed E-state index contributed by atoms with van der Waals surface area (Å²) >= 11 is 3.71. The Morgan fingerprint density at radius 1 is 0.450 bits per heavy atom. The largest absolute Gasteiger partial charge is 0.289 e. The van der Waals surface area contributed by atoms with Gasteiger partial charge in [-0.2, -0.15) is 0 Å². The van der Waals surface area contributed by atoms with Crippen LogP contribution < -0.4 is 10.9 Å². The molecule has 0 atom stereocenters. The summed E-state index contributed by atoms with van der Waals surface area (Å²) in [6, 6.07) is 12.4. The van der Waals surface area contributed by atoms with Crippen molar-refractivity contribution in [1.29, 1.82) is 0 Å². The third kappa shape index (κ3) is 3.15. The lowest BCUT2D eigenvalue weighted by molar-refractivity contribution is 1.35. The molecule has 198 valence electrons. The molecule has 0 radical (unpaired) electrons. The molecule has 5 aromatic carbocycles. The van der Waals surface area contributed by atoms with Gasteiger partial charge in [0.15, 0.2) is 10.9 Å². The van der Waals surface area contributed by atoms with Crippen LogP contribution >= 0.6 is 22.7 Å². The molecule has 0 aliphatic rings. The van der Waals surface area contributed by atoms with E-state index in [0.29, 0.717) is 0 Å². The topological polar surface area (TPSA) is 34.1 Å². The van der Waals surface area contributed by atoms with Crippen LogP contribution in [0.25, 0.3) is 63.3 Å². The predicted molar refractivity (Wildman–Crippen MR) is 176 cm³/mol. The molecule has 0 spiro atoms. The zero-order valence-electron chi connectivity index (χ0n) is 24.1. The van der Waals surface area contributed by atoms with Gasteiger partial charge in [-0.05, 0) is 128 Å². The van der Waals surface area contributed by atoms with Gasteiger partial charge >= 0.3 is 0 Å². The van der Waals surface area contributed by atoms with Crippen molar-refractivity contribution >= 4 is 65.8 Å². The van der Waals surface area contributed by atoms with Crippen molar-refractivity contribution in [2.24, 2.45) is 0 Å². The Labute approximate surface area is 241 Å². The van der Waals surface area contributed by atoms with Gasteiger partial charge in [0, 0.05) is 41.1 Å². The molecule has 4 heteroatoms. The zero-order chi connectivity index (χ0) is 28.4. The zero-order valence-corrected chi connectivity index (χ0v) is 25.7. The maximum absolute atomic E-state index is 14.1. The highest BCUT2D eigenvalue weighted by atomic mass is 32.1. The average Bonchev–Trinajstić information content (AvgIpc) is 3.59. The van der Waals surface area contributed by atoms with E-state index in [1.54, 1.807) is 0 Å². The Morgan fingerprint density at radius 2 is 0.950 bits per heavy atom. The first-order valence-corrected chi connectivity index (χ1v) is 15.3. The van der Waals surface area contributed by atoms with Crippen LogP contribution in [0.15, 0.2) is 46.0 Å². The smallest absolute Gasteiger partial charge is 0.194 e. The molecular formula is C36H30O2S2. The van der Waals surface area contributed by atoms with Crippen LogP contribution in [0, 0.1) is 55.4 Å². The van der Waals surface area contributed by atoms with E-state index in [1.165, 1.54) is 41.8 Å². The van der Waals surface area contributed by atoms with Crippen molar-refractivity contribution in [2.45, 2.75) is 55.4 Å². The van der Waals surface area contributed by atoms with Gasteiger partial charge < -0.3 is 0 Å². The lowest BCUT2D eigenvalue weighted by atomic mass is 9.96. The van der Waals surface area contributed by atoms with Crippen molar-refractivity contribution in [3.63, 3.8) is 0 Å². The molecule has 0 unspecified atom stereocenters. The Balaban J connectivity index is 1.51. The monoisotopic (exact) mass is 558 g/mol. The first-order valence-electron chi connectivity index (χ1n) is 13.7. The van der Waals surface area contributed by atoms with E-state index in [2.05, 4.69) is 52.8 Å². The molecular weight excluding hydrogens is 529 g/mol. The molecule has 7 rings (SSSR count). The van der Waals surface area contributed by atoms with E-state index >= 15 is 0 Å². The number of fused-ring (bicyclic) bond motifs is 6. The molecule has 0 aliphatic heterocycles. The lowest BCUT2D eigenvalue weighted by Gasteiger charge is -2.06. The fraction of sp³-hybridized carbons (Fsp3) is 0.222. The van der Waals surface area contributed by atoms with Crippen LogP contribution in [0.1, 0.15) is 43.8 Å². The summed E-state index contributed by atoms with van der Waals surface area (Å²) in [7, 11) is 0. The van der Waals surface area contributed by atoms with Crippen molar-refractivity contribution in [3.05, 3.63) is 101 Å². The highest BCUT2D eigenvalue weighted by molar-refractivity contribution is 7.24. The lowest BCUT2D eigenvalue weighted by Crippen LogP contribution is -2.00. The fourth-order valence-electron chi connectivity index (χ4n) is 6.71. The van der Waals surface area contributed by atoms with Crippen LogP contribution in [0.5, 0.6) is 0 Å². The van der Waals surface area contributed by atoms with Crippen LogP contribution in [0.3, 0.4) is 0 Å². The van der Waals surface area contributed by atoms with Crippen molar-refractivity contribution < 1.29 is 0 Å². The van der Waals surface area contributed by atoms with E-state index in [1.807, 2.05) is 61.6 Å².